The highest BCUT2D eigenvalue weighted by Crippen LogP contribution is 2.27. The summed E-state index contributed by atoms with van der Waals surface area (Å²) in [6.45, 7) is 2.20. The molecule has 0 radical (unpaired) electrons. The summed E-state index contributed by atoms with van der Waals surface area (Å²) >= 11 is 2.38. The molecule has 0 spiro atoms. The fourth-order valence-electron chi connectivity index (χ4n) is 1.93. The molecule has 0 saturated carbocycles. The van der Waals surface area contributed by atoms with E-state index >= 15 is 0 Å². The maximum atomic E-state index is 3.32. The van der Waals surface area contributed by atoms with E-state index in [2.05, 4.69) is 89.9 Å². The Kier molecular flexibility index (Phi) is 5.47. The lowest BCUT2D eigenvalue weighted by molar-refractivity contribution is 0.828. The van der Waals surface area contributed by atoms with Gasteiger partial charge in [0.25, 0.3) is 0 Å². The van der Waals surface area contributed by atoms with Crippen molar-refractivity contribution in [1.82, 2.24) is 0 Å². The van der Waals surface area contributed by atoms with Gasteiger partial charge in [-0.3, -0.25) is 0 Å². The zero-order valence-corrected chi connectivity index (χ0v) is 13.3. The van der Waals surface area contributed by atoms with Crippen molar-refractivity contribution in [2.24, 2.45) is 0 Å². The Morgan fingerprint density at radius 3 is 2.37 bits per heavy atom. The molecule has 1 heteroatoms. The van der Waals surface area contributed by atoms with Gasteiger partial charge in [0.2, 0.25) is 0 Å². The lowest BCUT2D eigenvalue weighted by atomic mass is 10.00. The summed E-state index contributed by atoms with van der Waals surface area (Å²) in [4.78, 5) is 0. The van der Waals surface area contributed by atoms with Crippen LogP contribution < -0.4 is 0 Å². The third-order valence-electron chi connectivity index (χ3n) is 2.97. The normalized spacial score (nSPS) is 9.79. The van der Waals surface area contributed by atoms with Crippen molar-refractivity contribution in [3.8, 4) is 23.0 Å². The molecular weight excluding hydrogens is 343 g/mol. The van der Waals surface area contributed by atoms with Gasteiger partial charge in [-0.1, -0.05) is 61.6 Å². The lowest BCUT2D eigenvalue weighted by Gasteiger charge is -2.06. The molecule has 0 aliphatic heterocycles. The van der Waals surface area contributed by atoms with Crippen LogP contribution in [0.25, 0.3) is 11.1 Å². The molecular formula is C18H17I. The molecule has 0 aromatic heterocycles. The van der Waals surface area contributed by atoms with Gasteiger partial charge in [0.1, 0.15) is 0 Å². The number of benzene rings is 2. The van der Waals surface area contributed by atoms with Crippen LogP contribution in [0.1, 0.15) is 31.7 Å². The molecule has 0 atom stereocenters. The number of hydrogen-bond acceptors (Lipinski definition) is 0. The van der Waals surface area contributed by atoms with Gasteiger partial charge in [-0.15, -0.1) is 0 Å². The predicted octanol–water partition coefficient (Wildman–Crippen LogP) is 5.50. The highest BCUT2D eigenvalue weighted by molar-refractivity contribution is 14.1. The van der Waals surface area contributed by atoms with E-state index in [0.29, 0.717) is 0 Å². The molecule has 0 nitrogen and oxygen atoms in total. The van der Waals surface area contributed by atoms with E-state index in [-0.39, 0.29) is 0 Å². The molecule has 2 aromatic carbocycles. The van der Waals surface area contributed by atoms with Crippen molar-refractivity contribution < 1.29 is 0 Å². The second-order valence-corrected chi connectivity index (χ2v) is 5.59. The van der Waals surface area contributed by atoms with Gasteiger partial charge in [0, 0.05) is 15.6 Å². The Balaban J connectivity index is 2.36. The van der Waals surface area contributed by atoms with Gasteiger partial charge in [0.15, 0.2) is 0 Å². The molecule has 19 heavy (non-hydrogen) atoms. The molecule has 2 rings (SSSR count). The monoisotopic (exact) mass is 360 g/mol. The number of hydrogen-bond donors (Lipinski definition) is 0. The van der Waals surface area contributed by atoms with Crippen LogP contribution in [-0.4, -0.2) is 0 Å². The van der Waals surface area contributed by atoms with Crippen molar-refractivity contribution in [1.29, 1.82) is 0 Å². The first-order valence-electron chi connectivity index (χ1n) is 6.65. The molecule has 0 saturated heterocycles. The van der Waals surface area contributed by atoms with Gasteiger partial charge in [-0.2, -0.15) is 0 Å². The number of unbranched alkanes of at least 4 members (excludes halogenated alkanes) is 2. The third-order valence-corrected chi connectivity index (χ3v) is 3.91. The van der Waals surface area contributed by atoms with Gasteiger partial charge < -0.3 is 0 Å². The predicted molar refractivity (Wildman–Crippen MR) is 91.0 cm³/mol. The minimum Gasteiger partial charge on any atom is -0.0979 e. The van der Waals surface area contributed by atoms with Gasteiger partial charge >= 0.3 is 0 Å². The van der Waals surface area contributed by atoms with E-state index in [9.17, 15) is 0 Å². The van der Waals surface area contributed by atoms with Crippen molar-refractivity contribution in [2.45, 2.75) is 26.2 Å². The van der Waals surface area contributed by atoms with Crippen LogP contribution >= 0.6 is 22.6 Å². The maximum Gasteiger partial charge on any atom is 0.0324 e. The van der Waals surface area contributed by atoms with E-state index in [1.54, 1.807) is 0 Å². The lowest BCUT2D eigenvalue weighted by Crippen LogP contribution is -1.86. The molecule has 0 N–H and O–H groups in total. The Morgan fingerprint density at radius 1 is 0.947 bits per heavy atom. The summed E-state index contributed by atoms with van der Waals surface area (Å²) in [7, 11) is 0. The van der Waals surface area contributed by atoms with E-state index in [1.165, 1.54) is 27.5 Å². The van der Waals surface area contributed by atoms with E-state index < -0.39 is 0 Å². The summed E-state index contributed by atoms with van der Waals surface area (Å²) in [5.41, 5.74) is 3.63. The summed E-state index contributed by atoms with van der Waals surface area (Å²) in [6.07, 6.45) is 3.36. The van der Waals surface area contributed by atoms with Crippen molar-refractivity contribution in [3.63, 3.8) is 0 Å². The molecule has 0 fully saturated rings. The van der Waals surface area contributed by atoms with Crippen LogP contribution in [-0.2, 0) is 0 Å². The summed E-state index contributed by atoms with van der Waals surface area (Å²) in [5, 5.41) is 0. The molecule has 0 aliphatic carbocycles. The SMILES string of the molecule is CCCCC#Cc1ccccc1-c1ccccc1I. The van der Waals surface area contributed by atoms with Crippen LogP contribution in [0.15, 0.2) is 48.5 Å². The van der Waals surface area contributed by atoms with Crippen LogP contribution in [0.4, 0.5) is 0 Å². The molecule has 0 heterocycles. The standard InChI is InChI=1S/C18H17I/c1-2-3-4-5-10-15-11-6-7-12-16(15)17-13-8-9-14-18(17)19/h6-9,11-14H,2-4H2,1H3. The minimum absolute atomic E-state index is 0.983. The zero-order valence-electron chi connectivity index (χ0n) is 11.1. The first kappa shape index (κ1) is 14.1. The third kappa shape index (κ3) is 3.84. The highest BCUT2D eigenvalue weighted by atomic mass is 127. The summed E-state index contributed by atoms with van der Waals surface area (Å²) < 4.78 is 1.27. The van der Waals surface area contributed by atoms with Crippen molar-refractivity contribution in [3.05, 3.63) is 57.7 Å². The summed E-state index contributed by atoms with van der Waals surface area (Å²) in [5.74, 6) is 6.60. The largest absolute Gasteiger partial charge is 0.0979 e. The maximum absolute atomic E-state index is 3.32. The quantitative estimate of drug-likeness (QED) is 0.385. The van der Waals surface area contributed by atoms with E-state index in [0.717, 1.165) is 12.0 Å². The van der Waals surface area contributed by atoms with Crippen molar-refractivity contribution >= 4 is 22.6 Å². The topological polar surface area (TPSA) is 0 Å². The van der Waals surface area contributed by atoms with Gasteiger partial charge in [0.05, 0.1) is 0 Å². The zero-order chi connectivity index (χ0) is 13.5. The molecule has 0 amide bonds. The fraction of sp³-hybridized carbons (Fsp3) is 0.222. The molecule has 0 bridgehead atoms. The molecule has 96 valence electrons. The fourth-order valence-corrected chi connectivity index (χ4v) is 2.61. The smallest absolute Gasteiger partial charge is 0.0324 e. The van der Waals surface area contributed by atoms with Gasteiger partial charge in [-0.25, -0.2) is 0 Å². The van der Waals surface area contributed by atoms with Crippen LogP contribution in [0.2, 0.25) is 0 Å². The second kappa shape index (κ2) is 7.35. The minimum atomic E-state index is 0.983. The average molecular weight is 360 g/mol. The first-order valence-corrected chi connectivity index (χ1v) is 7.73. The average Bonchev–Trinajstić information content (AvgIpc) is 2.45. The highest BCUT2D eigenvalue weighted by Gasteiger charge is 2.05. The van der Waals surface area contributed by atoms with Crippen LogP contribution in [0.5, 0.6) is 0 Å². The Bertz CT molecular complexity index is 602. The Labute approximate surface area is 129 Å². The number of rotatable bonds is 3. The van der Waals surface area contributed by atoms with Crippen LogP contribution in [0.3, 0.4) is 0 Å². The number of halogens is 1. The Morgan fingerprint density at radius 2 is 1.63 bits per heavy atom. The Hall–Kier alpha value is -1.27. The molecule has 0 unspecified atom stereocenters. The van der Waals surface area contributed by atoms with Gasteiger partial charge in [-0.05, 0) is 52.3 Å². The molecule has 0 aliphatic rings. The van der Waals surface area contributed by atoms with E-state index in [4.69, 9.17) is 0 Å². The second-order valence-electron chi connectivity index (χ2n) is 4.43. The van der Waals surface area contributed by atoms with Crippen molar-refractivity contribution in [2.75, 3.05) is 0 Å². The first-order chi connectivity index (χ1) is 9.33. The molecule has 2 aromatic rings. The van der Waals surface area contributed by atoms with Crippen LogP contribution in [0, 0.1) is 15.4 Å². The summed E-state index contributed by atoms with van der Waals surface area (Å²) in [6, 6.07) is 16.8. The van der Waals surface area contributed by atoms with E-state index in [1.807, 2.05) is 0 Å².